The molecular formula is C15H20N2O4. The van der Waals surface area contributed by atoms with Crippen LogP contribution in [0.2, 0.25) is 0 Å². The number of benzene rings is 1. The summed E-state index contributed by atoms with van der Waals surface area (Å²) in [7, 11) is 1.29. The van der Waals surface area contributed by atoms with E-state index in [1.807, 2.05) is 6.92 Å². The van der Waals surface area contributed by atoms with E-state index < -0.39 is 12.0 Å². The Bertz CT molecular complexity index is 511. The summed E-state index contributed by atoms with van der Waals surface area (Å²) in [5, 5.41) is 5.31. The molecule has 0 saturated heterocycles. The van der Waals surface area contributed by atoms with Crippen molar-refractivity contribution in [1.29, 1.82) is 0 Å². The summed E-state index contributed by atoms with van der Waals surface area (Å²) < 4.78 is 4.58. The summed E-state index contributed by atoms with van der Waals surface area (Å²) in [5.41, 5.74) is 0.737. The molecule has 1 aromatic rings. The van der Waals surface area contributed by atoms with Crippen molar-refractivity contribution in [2.45, 2.75) is 26.3 Å². The average Bonchev–Trinajstić information content (AvgIpc) is 2.51. The Morgan fingerprint density at radius 3 is 2.24 bits per heavy atom. The number of carbonyl (C=O) groups excluding carboxylic acids is 3. The van der Waals surface area contributed by atoms with Gasteiger partial charge in [-0.2, -0.15) is 0 Å². The highest BCUT2D eigenvalue weighted by Gasteiger charge is 2.16. The van der Waals surface area contributed by atoms with Crippen molar-refractivity contribution >= 4 is 17.8 Å². The zero-order chi connectivity index (χ0) is 15.8. The second kappa shape index (κ2) is 8.04. The van der Waals surface area contributed by atoms with Crippen LogP contribution in [-0.4, -0.2) is 37.5 Å². The highest BCUT2D eigenvalue weighted by atomic mass is 16.5. The zero-order valence-electron chi connectivity index (χ0n) is 12.4. The predicted octanol–water partition coefficient (Wildman–Crippen LogP) is 1.12. The van der Waals surface area contributed by atoms with Crippen molar-refractivity contribution in [3.8, 4) is 0 Å². The number of carbonyl (C=O) groups is 3. The quantitative estimate of drug-likeness (QED) is 0.769. The van der Waals surface area contributed by atoms with Crippen molar-refractivity contribution in [1.82, 2.24) is 10.6 Å². The van der Waals surface area contributed by atoms with Crippen LogP contribution < -0.4 is 10.6 Å². The maximum absolute atomic E-state index is 12.0. The van der Waals surface area contributed by atoms with Gasteiger partial charge >= 0.3 is 5.97 Å². The lowest BCUT2D eigenvalue weighted by molar-refractivity contribution is -0.122. The molecule has 0 aliphatic heterocycles. The largest absolute Gasteiger partial charge is 0.465 e. The fourth-order valence-electron chi connectivity index (χ4n) is 1.62. The van der Waals surface area contributed by atoms with E-state index >= 15 is 0 Å². The fraction of sp³-hybridized carbons (Fsp3) is 0.400. The number of hydrogen-bond donors (Lipinski definition) is 2. The van der Waals surface area contributed by atoms with Gasteiger partial charge in [0, 0.05) is 12.1 Å². The number of hydrogen-bond acceptors (Lipinski definition) is 4. The zero-order valence-corrected chi connectivity index (χ0v) is 12.4. The molecule has 2 N–H and O–H groups in total. The molecule has 6 nitrogen and oxygen atoms in total. The lowest BCUT2D eigenvalue weighted by Crippen LogP contribution is -2.45. The van der Waals surface area contributed by atoms with E-state index in [0.29, 0.717) is 17.7 Å². The number of rotatable bonds is 6. The van der Waals surface area contributed by atoms with Crippen LogP contribution >= 0.6 is 0 Å². The van der Waals surface area contributed by atoms with E-state index in [2.05, 4.69) is 15.4 Å². The topological polar surface area (TPSA) is 84.5 Å². The molecule has 0 bridgehead atoms. The SMILES string of the molecule is CCCNC(=O)C(C)NC(=O)c1ccc(C(=O)OC)cc1. The summed E-state index contributed by atoms with van der Waals surface area (Å²) >= 11 is 0. The normalized spacial score (nSPS) is 11.4. The molecule has 0 aliphatic carbocycles. The number of methoxy groups -OCH3 is 1. The lowest BCUT2D eigenvalue weighted by atomic mass is 10.1. The van der Waals surface area contributed by atoms with E-state index in [1.54, 1.807) is 6.92 Å². The van der Waals surface area contributed by atoms with Crippen molar-refractivity contribution in [3.05, 3.63) is 35.4 Å². The van der Waals surface area contributed by atoms with Crippen LogP contribution in [0.1, 0.15) is 41.0 Å². The van der Waals surface area contributed by atoms with E-state index in [1.165, 1.54) is 31.4 Å². The van der Waals surface area contributed by atoms with Gasteiger partial charge in [0.1, 0.15) is 6.04 Å². The molecule has 0 spiro atoms. The Labute approximate surface area is 123 Å². The molecule has 1 atom stereocenters. The third-order valence-electron chi connectivity index (χ3n) is 2.86. The Kier molecular flexibility index (Phi) is 6.39. The monoisotopic (exact) mass is 292 g/mol. The Morgan fingerprint density at radius 2 is 1.71 bits per heavy atom. The summed E-state index contributed by atoms with van der Waals surface area (Å²) in [5.74, 6) is -1.06. The van der Waals surface area contributed by atoms with Crippen LogP contribution in [0.4, 0.5) is 0 Å². The van der Waals surface area contributed by atoms with Crippen molar-refractivity contribution in [2.75, 3.05) is 13.7 Å². The van der Waals surface area contributed by atoms with E-state index in [-0.39, 0.29) is 11.8 Å². The minimum Gasteiger partial charge on any atom is -0.465 e. The minimum absolute atomic E-state index is 0.226. The maximum atomic E-state index is 12.0. The Hall–Kier alpha value is -2.37. The van der Waals surface area contributed by atoms with E-state index in [4.69, 9.17) is 0 Å². The molecule has 1 unspecified atom stereocenters. The summed E-state index contributed by atoms with van der Waals surface area (Å²) in [6, 6.07) is 5.41. The molecule has 0 aliphatic rings. The fourth-order valence-corrected chi connectivity index (χ4v) is 1.62. The molecular weight excluding hydrogens is 272 g/mol. The minimum atomic E-state index is -0.621. The molecule has 0 aromatic heterocycles. The van der Waals surface area contributed by atoms with Gasteiger partial charge in [0.2, 0.25) is 5.91 Å². The van der Waals surface area contributed by atoms with Gasteiger partial charge in [-0.05, 0) is 37.6 Å². The third-order valence-corrected chi connectivity index (χ3v) is 2.86. The number of nitrogens with one attached hydrogen (secondary N) is 2. The molecule has 114 valence electrons. The second-order valence-electron chi connectivity index (χ2n) is 4.56. The summed E-state index contributed by atoms with van der Waals surface area (Å²) in [4.78, 5) is 34.9. The molecule has 0 saturated carbocycles. The molecule has 1 aromatic carbocycles. The first-order valence-electron chi connectivity index (χ1n) is 6.76. The first-order chi connectivity index (χ1) is 9.99. The molecule has 21 heavy (non-hydrogen) atoms. The van der Waals surface area contributed by atoms with Crippen LogP contribution in [0.25, 0.3) is 0 Å². The molecule has 1 rings (SSSR count). The van der Waals surface area contributed by atoms with Crippen LogP contribution in [0.15, 0.2) is 24.3 Å². The molecule has 0 radical (unpaired) electrons. The number of ether oxygens (including phenoxy) is 1. The van der Waals surface area contributed by atoms with Crippen LogP contribution in [0.5, 0.6) is 0 Å². The van der Waals surface area contributed by atoms with Crippen molar-refractivity contribution in [2.24, 2.45) is 0 Å². The van der Waals surface area contributed by atoms with Gasteiger partial charge in [0.25, 0.3) is 5.91 Å². The molecule has 0 fully saturated rings. The molecule has 0 heterocycles. The second-order valence-corrected chi connectivity index (χ2v) is 4.56. The van der Waals surface area contributed by atoms with Gasteiger partial charge in [-0.15, -0.1) is 0 Å². The third kappa shape index (κ3) is 4.91. The van der Waals surface area contributed by atoms with E-state index in [0.717, 1.165) is 6.42 Å². The lowest BCUT2D eigenvalue weighted by Gasteiger charge is -2.13. The molecule has 2 amide bonds. The standard InChI is InChI=1S/C15H20N2O4/c1-4-9-16-13(18)10(2)17-14(19)11-5-7-12(8-6-11)15(20)21-3/h5-8,10H,4,9H2,1-3H3,(H,16,18)(H,17,19). The van der Waals surface area contributed by atoms with Gasteiger partial charge in [0.15, 0.2) is 0 Å². The van der Waals surface area contributed by atoms with Gasteiger partial charge in [-0.1, -0.05) is 6.92 Å². The van der Waals surface area contributed by atoms with E-state index in [9.17, 15) is 14.4 Å². The number of esters is 1. The average molecular weight is 292 g/mol. The Morgan fingerprint density at radius 1 is 1.14 bits per heavy atom. The van der Waals surface area contributed by atoms with Gasteiger partial charge in [0.05, 0.1) is 12.7 Å². The van der Waals surface area contributed by atoms with Crippen molar-refractivity contribution in [3.63, 3.8) is 0 Å². The number of amides is 2. The summed E-state index contributed by atoms with van der Waals surface area (Å²) in [6.07, 6.45) is 0.835. The highest BCUT2D eigenvalue weighted by molar-refractivity contribution is 5.98. The van der Waals surface area contributed by atoms with Crippen LogP contribution in [-0.2, 0) is 9.53 Å². The van der Waals surface area contributed by atoms with Gasteiger partial charge in [-0.25, -0.2) is 4.79 Å². The van der Waals surface area contributed by atoms with Crippen molar-refractivity contribution < 1.29 is 19.1 Å². The van der Waals surface area contributed by atoms with Crippen LogP contribution in [0.3, 0.4) is 0 Å². The van der Waals surface area contributed by atoms with Gasteiger partial charge in [-0.3, -0.25) is 9.59 Å². The highest BCUT2D eigenvalue weighted by Crippen LogP contribution is 2.06. The predicted molar refractivity (Wildman–Crippen MR) is 78.0 cm³/mol. The maximum Gasteiger partial charge on any atom is 0.337 e. The summed E-state index contributed by atoms with van der Waals surface area (Å²) in [6.45, 7) is 4.14. The first-order valence-corrected chi connectivity index (χ1v) is 6.76. The molecule has 6 heteroatoms. The smallest absolute Gasteiger partial charge is 0.337 e. The van der Waals surface area contributed by atoms with Gasteiger partial charge < -0.3 is 15.4 Å². The Balaban J connectivity index is 2.63. The van der Waals surface area contributed by atoms with Crippen LogP contribution in [0, 0.1) is 0 Å². The first kappa shape index (κ1) is 16.7.